The lowest BCUT2D eigenvalue weighted by atomic mass is 10.1. The molecule has 31 heavy (non-hydrogen) atoms. The van der Waals surface area contributed by atoms with Crippen LogP contribution in [-0.4, -0.2) is 49.5 Å². The number of amides is 1. The molecule has 10 heteroatoms. The first-order valence-electron chi connectivity index (χ1n) is 9.58. The molecule has 0 aliphatic carbocycles. The van der Waals surface area contributed by atoms with Crippen molar-refractivity contribution >= 4 is 15.9 Å². The number of benzene rings is 2. The maximum atomic E-state index is 13.0. The van der Waals surface area contributed by atoms with Gasteiger partial charge < -0.3 is 14.6 Å². The molecule has 1 aromatic heterocycles. The molecule has 3 rings (SSSR count). The summed E-state index contributed by atoms with van der Waals surface area (Å²) in [5, 5.41) is 6.57. The number of rotatable bonds is 8. The van der Waals surface area contributed by atoms with E-state index < -0.39 is 15.9 Å². The molecule has 0 fully saturated rings. The van der Waals surface area contributed by atoms with E-state index in [0.717, 1.165) is 15.4 Å². The Kier molecular flexibility index (Phi) is 6.71. The summed E-state index contributed by atoms with van der Waals surface area (Å²) in [4.78, 5) is 16.5. The molecule has 0 bridgehead atoms. The number of ether oxygens (including phenoxy) is 1. The van der Waals surface area contributed by atoms with Crippen LogP contribution in [0.25, 0.3) is 11.4 Å². The van der Waals surface area contributed by atoms with Crippen molar-refractivity contribution in [1.29, 1.82) is 0 Å². The summed E-state index contributed by atoms with van der Waals surface area (Å²) in [6.45, 7) is 4.03. The van der Waals surface area contributed by atoms with Gasteiger partial charge in [-0.1, -0.05) is 35.0 Å². The van der Waals surface area contributed by atoms with Crippen molar-refractivity contribution in [3.8, 4) is 17.1 Å². The van der Waals surface area contributed by atoms with Gasteiger partial charge in [0.1, 0.15) is 5.75 Å². The minimum atomic E-state index is -3.92. The second-order valence-corrected chi connectivity index (χ2v) is 8.91. The van der Waals surface area contributed by atoms with Crippen LogP contribution in [0.5, 0.6) is 5.75 Å². The predicted octanol–water partition coefficient (Wildman–Crippen LogP) is 2.62. The van der Waals surface area contributed by atoms with Crippen LogP contribution < -0.4 is 10.1 Å². The van der Waals surface area contributed by atoms with Gasteiger partial charge in [-0.2, -0.15) is 9.29 Å². The number of methoxy groups -OCH3 is 1. The van der Waals surface area contributed by atoms with Gasteiger partial charge >= 0.3 is 0 Å². The molecule has 2 aromatic carbocycles. The maximum Gasteiger partial charge on any atom is 0.255 e. The number of sulfonamides is 1. The van der Waals surface area contributed by atoms with Crippen LogP contribution in [0, 0.1) is 6.92 Å². The van der Waals surface area contributed by atoms with Gasteiger partial charge in [-0.3, -0.25) is 4.79 Å². The minimum absolute atomic E-state index is 0.0460. The van der Waals surface area contributed by atoms with Gasteiger partial charge in [0, 0.05) is 19.2 Å². The summed E-state index contributed by atoms with van der Waals surface area (Å²) in [7, 11) is -1.10. The molecule has 1 N–H and O–H groups in total. The fourth-order valence-corrected chi connectivity index (χ4v) is 4.02. The zero-order chi connectivity index (χ0) is 22.6. The number of carbonyl (C=O) groups excluding carboxylic acids is 1. The Labute approximate surface area is 181 Å². The Morgan fingerprint density at radius 3 is 2.55 bits per heavy atom. The topological polar surface area (TPSA) is 115 Å². The first-order valence-corrected chi connectivity index (χ1v) is 11.0. The Balaban J connectivity index is 1.83. The van der Waals surface area contributed by atoms with E-state index in [9.17, 15) is 13.2 Å². The summed E-state index contributed by atoms with van der Waals surface area (Å²) in [6, 6.07) is 11.7. The highest BCUT2D eigenvalue weighted by atomic mass is 32.2. The third-order valence-corrected chi connectivity index (χ3v) is 6.40. The highest BCUT2D eigenvalue weighted by Crippen LogP contribution is 2.25. The number of hydrogen-bond donors (Lipinski definition) is 1. The Bertz CT molecular complexity index is 1170. The first kappa shape index (κ1) is 22.4. The average molecular weight is 445 g/mol. The van der Waals surface area contributed by atoms with E-state index in [1.165, 1.54) is 32.4 Å². The van der Waals surface area contributed by atoms with E-state index in [2.05, 4.69) is 15.5 Å². The Morgan fingerprint density at radius 1 is 1.19 bits per heavy atom. The van der Waals surface area contributed by atoms with Gasteiger partial charge in [-0.05, 0) is 32.0 Å². The normalized spacial score (nSPS) is 11.5. The van der Waals surface area contributed by atoms with Crippen LogP contribution in [0.3, 0.4) is 0 Å². The fourth-order valence-electron chi connectivity index (χ4n) is 2.88. The number of carbonyl (C=O) groups is 1. The number of hydrogen-bond acceptors (Lipinski definition) is 7. The molecule has 0 unspecified atom stereocenters. The van der Waals surface area contributed by atoms with E-state index in [1.54, 1.807) is 6.92 Å². The zero-order valence-corrected chi connectivity index (χ0v) is 18.6. The van der Waals surface area contributed by atoms with Gasteiger partial charge in [0.25, 0.3) is 5.91 Å². The Morgan fingerprint density at radius 2 is 1.90 bits per heavy atom. The third kappa shape index (κ3) is 4.92. The summed E-state index contributed by atoms with van der Waals surface area (Å²) in [6.07, 6.45) is 0. The standard InChI is InChI=1S/C21H24N4O5S/c1-5-22-21(26)17-12-16(10-11-18(17)29-4)31(27,28)25(3)13-19-23-20(24-30-19)15-8-6-14(2)7-9-15/h6-12H,5,13H2,1-4H3,(H,22,26). The molecule has 0 aliphatic rings. The molecular formula is C21H24N4O5S. The van der Waals surface area contributed by atoms with Crippen molar-refractivity contribution in [2.75, 3.05) is 20.7 Å². The summed E-state index contributed by atoms with van der Waals surface area (Å²) >= 11 is 0. The van der Waals surface area contributed by atoms with Crippen molar-refractivity contribution in [2.45, 2.75) is 25.3 Å². The highest BCUT2D eigenvalue weighted by Gasteiger charge is 2.25. The van der Waals surface area contributed by atoms with Gasteiger partial charge in [-0.25, -0.2) is 8.42 Å². The molecule has 1 heterocycles. The van der Waals surface area contributed by atoms with E-state index in [4.69, 9.17) is 9.26 Å². The fraction of sp³-hybridized carbons (Fsp3) is 0.286. The average Bonchev–Trinajstić information content (AvgIpc) is 3.22. The van der Waals surface area contributed by atoms with Crippen LogP contribution in [0.4, 0.5) is 0 Å². The molecule has 0 saturated heterocycles. The summed E-state index contributed by atoms with van der Waals surface area (Å²) < 4.78 is 37.6. The Hall–Kier alpha value is -3.24. The molecule has 1 amide bonds. The molecule has 9 nitrogen and oxygen atoms in total. The third-order valence-electron chi connectivity index (χ3n) is 4.60. The minimum Gasteiger partial charge on any atom is -0.496 e. The van der Waals surface area contributed by atoms with Gasteiger partial charge in [-0.15, -0.1) is 0 Å². The van der Waals surface area contributed by atoms with Crippen molar-refractivity contribution in [3.05, 3.63) is 59.5 Å². The zero-order valence-electron chi connectivity index (χ0n) is 17.7. The molecule has 0 spiro atoms. The van der Waals surface area contributed by atoms with Crippen LogP contribution in [0.1, 0.15) is 28.7 Å². The van der Waals surface area contributed by atoms with E-state index in [0.29, 0.717) is 12.4 Å². The van der Waals surface area contributed by atoms with Crippen LogP contribution >= 0.6 is 0 Å². The maximum absolute atomic E-state index is 13.0. The molecule has 0 saturated carbocycles. The lowest BCUT2D eigenvalue weighted by Crippen LogP contribution is -2.28. The lowest BCUT2D eigenvalue weighted by molar-refractivity contribution is 0.0952. The van der Waals surface area contributed by atoms with Gasteiger partial charge in [0.15, 0.2) is 0 Å². The number of aryl methyl sites for hydroxylation is 1. The van der Waals surface area contributed by atoms with Crippen LogP contribution in [0.2, 0.25) is 0 Å². The molecular weight excluding hydrogens is 420 g/mol. The van der Waals surface area contributed by atoms with Gasteiger partial charge in [0.2, 0.25) is 21.7 Å². The molecule has 0 radical (unpaired) electrons. The summed E-state index contributed by atoms with van der Waals surface area (Å²) in [5.74, 6) is 0.397. The van der Waals surface area contributed by atoms with Crippen molar-refractivity contribution < 1.29 is 22.5 Å². The first-order chi connectivity index (χ1) is 14.8. The molecule has 3 aromatic rings. The van der Waals surface area contributed by atoms with Crippen LogP contribution in [-0.2, 0) is 16.6 Å². The quantitative estimate of drug-likeness (QED) is 0.568. The lowest BCUT2D eigenvalue weighted by Gasteiger charge is -2.16. The summed E-state index contributed by atoms with van der Waals surface area (Å²) in [5.41, 5.74) is 2.01. The van der Waals surface area contributed by atoms with Gasteiger partial charge in [0.05, 0.1) is 24.1 Å². The number of aromatic nitrogens is 2. The molecule has 0 aliphatic heterocycles. The van der Waals surface area contributed by atoms with E-state index >= 15 is 0 Å². The SMILES string of the molecule is CCNC(=O)c1cc(S(=O)(=O)N(C)Cc2nc(-c3ccc(C)cc3)no2)ccc1OC. The second kappa shape index (κ2) is 9.27. The van der Waals surface area contributed by atoms with Crippen molar-refractivity contribution in [1.82, 2.24) is 19.8 Å². The number of nitrogens with zero attached hydrogens (tertiary/aromatic N) is 3. The van der Waals surface area contributed by atoms with Crippen LogP contribution in [0.15, 0.2) is 51.9 Å². The van der Waals surface area contributed by atoms with E-state index in [-0.39, 0.29) is 28.6 Å². The molecule has 0 atom stereocenters. The second-order valence-electron chi connectivity index (χ2n) is 6.86. The smallest absolute Gasteiger partial charge is 0.255 e. The van der Waals surface area contributed by atoms with E-state index in [1.807, 2.05) is 31.2 Å². The molecule has 164 valence electrons. The van der Waals surface area contributed by atoms with Crippen molar-refractivity contribution in [2.24, 2.45) is 0 Å². The monoisotopic (exact) mass is 444 g/mol. The number of nitrogens with one attached hydrogen (secondary N) is 1. The predicted molar refractivity (Wildman–Crippen MR) is 114 cm³/mol. The highest BCUT2D eigenvalue weighted by molar-refractivity contribution is 7.89. The largest absolute Gasteiger partial charge is 0.496 e. The van der Waals surface area contributed by atoms with Crippen molar-refractivity contribution in [3.63, 3.8) is 0 Å².